The standard InChI is InChI=1S/C10H15NO2/c1-8(2)13-10-5-3-4-9(6-10)7-11-12/h3-6,8,11-12H,7H2,1-2H3. The number of benzene rings is 1. The Bertz CT molecular complexity index is 261. The molecule has 13 heavy (non-hydrogen) atoms. The second kappa shape index (κ2) is 4.84. The van der Waals surface area contributed by atoms with E-state index < -0.39 is 0 Å². The summed E-state index contributed by atoms with van der Waals surface area (Å²) in [4.78, 5) is 0. The lowest BCUT2D eigenvalue weighted by atomic mass is 10.2. The average molecular weight is 181 g/mol. The highest BCUT2D eigenvalue weighted by Crippen LogP contribution is 2.14. The van der Waals surface area contributed by atoms with Crippen molar-refractivity contribution >= 4 is 0 Å². The molecule has 0 bridgehead atoms. The van der Waals surface area contributed by atoms with Crippen LogP contribution in [0.4, 0.5) is 0 Å². The van der Waals surface area contributed by atoms with Crippen LogP contribution in [-0.2, 0) is 6.54 Å². The van der Waals surface area contributed by atoms with Crippen LogP contribution >= 0.6 is 0 Å². The van der Waals surface area contributed by atoms with Crippen LogP contribution in [0.25, 0.3) is 0 Å². The van der Waals surface area contributed by atoms with Crippen molar-refractivity contribution in [1.82, 2.24) is 5.48 Å². The summed E-state index contributed by atoms with van der Waals surface area (Å²) in [5, 5.41) is 8.50. The van der Waals surface area contributed by atoms with Gasteiger partial charge in [0.1, 0.15) is 5.75 Å². The monoisotopic (exact) mass is 181 g/mol. The fraction of sp³-hybridized carbons (Fsp3) is 0.400. The summed E-state index contributed by atoms with van der Waals surface area (Å²) in [6.45, 7) is 4.41. The van der Waals surface area contributed by atoms with E-state index in [1.807, 2.05) is 38.1 Å². The molecule has 3 heteroatoms. The van der Waals surface area contributed by atoms with E-state index in [1.54, 1.807) is 0 Å². The Kier molecular flexibility index (Phi) is 3.73. The van der Waals surface area contributed by atoms with E-state index in [-0.39, 0.29) is 6.10 Å². The first-order valence-electron chi connectivity index (χ1n) is 4.35. The van der Waals surface area contributed by atoms with E-state index in [0.29, 0.717) is 6.54 Å². The SMILES string of the molecule is CC(C)Oc1cccc(CNO)c1. The second-order valence-corrected chi connectivity index (χ2v) is 3.15. The lowest BCUT2D eigenvalue weighted by Crippen LogP contribution is -2.08. The van der Waals surface area contributed by atoms with E-state index in [2.05, 4.69) is 5.48 Å². The molecule has 0 saturated carbocycles. The maximum Gasteiger partial charge on any atom is 0.120 e. The number of hydrogen-bond donors (Lipinski definition) is 2. The first kappa shape index (κ1) is 10.0. The van der Waals surface area contributed by atoms with Crippen molar-refractivity contribution in [3.63, 3.8) is 0 Å². The van der Waals surface area contributed by atoms with E-state index >= 15 is 0 Å². The number of nitrogens with one attached hydrogen (secondary N) is 1. The molecule has 0 spiro atoms. The minimum Gasteiger partial charge on any atom is -0.491 e. The lowest BCUT2D eigenvalue weighted by molar-refractivity contribution is 0.161. The van der Waals surface area contributed by atoms with Crippen LogP contribution in [0.1, 0.15) is 19.4 Å². The molecule has 0 aliphatic heterocycles. The molecule has 1 aromatic rings. The van der Waals surface area contributed by atoms with E-state index in [9.17, 15) is 0 Å². The molecular formula is C10H15NO2. The van der Waals surface area contributed by atoms with Gasteiger partial charge in [-0.3, -0.25) is 0 Å². The average Bonchev–Trinajstić information content (AvgIpc) is 2.04. The quantitative estimate of drug-likeness (QED) is 0.697. The van der Waals surface area contributed by atoms with Crippen LogP contribution in [0.3, 0.4) is 0 Å². The number of hydrogen-bond acceptors (Lipinski definition) is 3. The first-order valence-corrected chi connectivity index (χ1v) is 4.35. The number of rotatable bonds is 4. The molecule has 0 aromatic heterocycles. The Morgan fingerprint density at radius 3 is 2.85 bits per heavy atom. The van der Waals surface area contributed by atoms with E-state index in [0.717, 1.165) is 11.3 Å². The van der Waals surface area contributed by atoms with Gasteiger partial charge in [0.05, 0.1) is 6.10 Å². The van der Waals surface area contributed by atoms with Gasteiger partial charge >= 0.3 is 0 Å². The molecule has 0 heterocycles. The molecule has 0 amide bonds. The largest absolute Gasteiger partial charge is 0.491 e. The topological polar surface area (TPSA) is 41.5 Å². The summed E-state index contributed by atoms with van der Waals surface area (Å²) in [5.41, 5.74) is 3.11. The van der Waals surface area contributed by atoms with Crippen LogP contribution in [0.2, 0.25) is 0 Å². The lowest BCUT2D eigenvalue weighted by Gasteiger charge is -2.10. The molecule has 0 aliphatic carbocycles. The summed E-state index contributed by atoms with van der Waals surface area (Å²) in [7, 11) is 0. The smallest absolute Gasteiger partial charge is 0.120 e. The molecule has 2 N–H and O–H groups in total. The van der Waals surface area contributed by atoms with Gasteiger partial charge in [0.25, 0.3) is 0 Å². The predicted octanol–water partition coefficient (Wildman–Crippen LogP) is 1.95. The van der Waals surface area contributed by atoms with Gasteiger partial charge in [-0.15, -0.1) is 0 Å². The number of hydroxylamine groups is 1. The molecule has 1 aromatic carbocycles. The minimum atomic E-state index is 0.178. The van der Waals surface area contributed by atoms with E-state index in [4.69, 9.17) is 9.94 Å². The van der Waals surface area contributed by atoms with Gasteiger partial charge in [-0.25, -0.2) is 5.48 Å². The molecule has 0 unspecified atom stereocenters. The van der Waals surface area contributed by atoms with Crippen molar-refractivity contribution in [3.8, 4) is 5.75 Å². The van der Waals surface area contributed by atoms with Crippen LogP contribution in [0, 0.1) is 0 Å². The summed E-state index contributed by atoms with van der Waals surface area (Å²) < 4.78 is 5.49. The Hall–Kier alpha value is -1.06. The highest BCUT2D eigenvalue weighted by molar-refractivity contribution is 5.28. The highest BCUT2D eigenvalue weighted by atomic mass is 16.5. The Balaban J connectivity index is 2.67. The van der Waals surface area contributed by atoms with Crippen LogP contribution < -0.4 is 10.2 Å². The minimum absolute atomic E-state index is 0.178. The molecule has 0 saturated heterocycles. The van der Waals surface area contributed by atoms with Crippen molar-refractivity contribution in [3.05, 3.63) is 29.8 Å². The van der Waals surface area contributed by atoms with E-state index in [1.165, 1.54) is 0 Å². The third-order valence-electron chi connectivity index (χ3n) is 1.55. The maximum absolute atomic E-state index is 8.50. The van der Waals surface area contributed by atoms with Crippen molar-refractivity contribution in [2.24, 2.45) is 0 Å². The van der Waals surface area contributed by atoms with Gasteiger partial charge in [-0.05, 0) is 31.5 Å². The van der Waals surface area contributed by atoms with Gasteiger partial charge in [0.2, 0.25) is 0 Å². The van der Waals surface area contributed by atoms with Gasteiger partial charge in [0.15, 0.2) is 0 Å². The molecule has 0 radical (unpaired) electrons. The van der Waals surface area contributed by atoms with Crippen LogP contribution in [0.15, 0.2) is 24.3 Å². The third kappa shape index (κ3) is 3.44. The van der Waals surface area contributed by atoms with Crippen molar-refractivity contribution in [2.75, 3.05) is 0 Å². The molecule has 0 aliphatic rings. The Morgan fingerprint density at radius 1 is 1.46 bits per heavy atom. The molecule has 3 nitrogen and oxygen atoms in total. The zero-order valence-electron chi connectivity index (χ0n) is 7.95. The molecular weight excluding hydrogens is 166 g/mol. The summed E-state index contributed by atoms with van der Waals surface area (Å²) >= 11 is 0. The molecule has 0 fully saturated rings. The highest BCUT2D eigenvalue weighted by Gasteiger charge is 1.98. The van der Waals surface area contributed by atoms with Gasteiger partial charge in [-0.1, -0.05) is 12.1 Å². The summed E-state index contributed by atoms with van der Waals surface area (Å²) in [6, 6.07) is 7.64. The second-order valence-electron chi connectivity index (χ2n) is 3.15. The summed E-state index contributed by atoms with van der Waals surface area (Å²) in [6.07, 6.45) is 0.178. The zero-order chi connectivity index (χ0) is 9.68. The predicted molar refractivity (Wildman–Crippen MR) is 50.8 cm³/mol. The zero-order valence-corrected chi connectivity index (χ0v) is 7.95. The molecule has 1 rings (SSSR count). The van der Waals surface area contributed by atoms with Crippen molar-refractivity contribution in [1.29, 1.82) is 0 Å². The van der Waals surface area contributed by atoms with Crippen LogP contribution in [-0.4, -0.2) is 11.3 Å². The van der Waals surface area contributed by atoms with Gasteiger partial charge in [0, 0.05) is 6.54 Å². The van der Waals surface area contributed by atoms with Crippen molar-refractivity contribution in [2.45, 2.75) is 26.5 Å². The molecule has 72 valence electrons. The number of ether oxygens (including phenoxy) is 1. The Morgan fingerprint density at radius 2 is 2.23 bits per heavy atom. The van der Waals surface area contributed by atoms with Gasteiger partial charge in [-0.2, -0.15) is 0 Å². The normalized spacial score (nSPS) is 10.5. The fourth-order valence-corrected chi connectivity index (χ4v) is 1.09. The van der Waals surface area contributed by atoms with Crippen molar-refractivity contribution < 1.29 is 9.94 Å². The molecule has 0 atom stereocenters. The van der Waals surface area contributed by atoms with Crippen LogP contribution in [0.5, 0.6) is 5.75 Å². The van der Waals surface area contributed by atoms with Gasteiger partial charge < -0.3 is 9.94 Å². The Labute approximate surface area is 78.3 Å². The maximum atomic E-state index is 8.50. The first-order chi connectivity index (χ1) is 6.22. The third-order valence-corrected chi connectivity index (χ3v) is 1.55. The fourth-order valence-electron chi connectivity index (χ4n) is 1.09. The summed E-state index contributed by atoms with van der Waals surface area (Å²) in [5.74, 6) is 0.836.